The molecule has 266 valence electrons. The van der Waals surface area contributed by atoms with Crippen LogP contribution in [0.15, 0.2) is 194 Å². The SMILES string of the molecule is c1ccc(N(c2ccc(-c3cc4c5c(c3)CCc3cc(N(c6ccccc6)c6ccc7ccccc7c6)cc(c3-5)CC4)cc2)c2ccc3ccccc3c2)cc1. The highest BCUT2D eigenvalue weighted by Gasteiger charge is 2.28. The highest BCUT2D eigenvalue weighted by atomic mass is 15.1. The summed E-state index contributed by atoms with van der Waals surface area (Å²) in [7, 11) is 0. The monoisotopic (exact) mass is 716 g/mol. The van der Waals surface area contributed by atoms with Gasteiger partial charge in [-0.3, -0.25) is 0 Å². The molecule has 0 atom stereocenters. The second-order valence-electron chi connectivity index (χ2n) is 15.3. The van der Waals surface area contributed by atoms with Crippen LogP contribution in [0.25, 0.3) is 43.8 Å². The summed E-state index contributed by atoms with van der Waals surface area (Å²) in [5.74, 6) is 0. The molecule has 0 fully saturated rings. The fraction of sp³-hybridized carbons (Fsp3) is 0.0741. The Balaban J connectivity index is 0.952. The first-order valence-corrected chi connectivity index (χ1v) is 19.8. The lowest BCUT2D eigenvalue weighted by molar-refractivity contribution is 0.876. The van der Waals surface area contributed by atoms with Crippen LogP contribution in [-0.2, 0) is 25.7 Å². The summed E-state index contributed by atoms with van der Waals surface area (Å²) in [5.41, 5.74) is 18.5. The molecule has 0 saturated heterocycles. The molecule has 0 spiro atoms. The van der Waals surface area contributed by atoms with Crippen LogP contribution in [0.3, 0.4) is 0 Å². The quantitative estimate of drug-likeness (QED) is 0.162. The van der Waals surface area contributed by atoms with Gasteiger partial charge in [-0.05, 0) is 165 Å². The van der Waals surface area contributed by atoms with Crippen molar-refractivity contribution >= 4 is 55.7 Å². The van der Waals surface area contributed by atoms with Gasteiger partial charge in [0, 0.05) is 34.1 Å². The smallest absolute Gasteiger partial charge is 0.0468 e. The van der Waals surface area contributed by atoms with Crippen LogP contribution in [0, 0.1) is 0 Å². The number of aryl methyl sites for hydroxylation is 4. The number of rotatable bonds is 7. The third-order valence-electron chi connectivity index (χ3n) is 11.9. The van der Waals surface area contributed by atoms with Gasteiger partial charge in [-0.25, -0.2) is 0 Å². The molecule has 0 saturated carbocycles. The topological polar surface area (TPSA) is 6.48 Å². The maximum absolute atomic E-state index is 2.48. The lowest BCUT2D eigenvalue weighted by Gasteiger charge is -2.33. The number of para-hydroxylation sites is 2. The van der Waals surface area contributed by atoms with Gasteiger partial charge in [-0.2, -0.15) is 0 Å². The van der Waals surface area contributed by atoms with Crippen molar-refractivity contribution in [3.05, 3.63) is 216 Å². The molecule has 0 aromatic heterocycles. The summed E-state index contributed by atoms with van der Waals surface area (Å²) < 4.78 is 0. The summed E-state index contributed by atoms with van der Waals surface area (Å²) in [5, 5.41) is 5.01. The minimum Gasteiger partial charge on any atom is -0.310 e. The van der Waals surface area contributed by atoms with E-state index in [4.69, 9.17) is 0 Å². The van der Waals surface area contributed by atoms with Crippen LogP contribution in [0.5, 0.6) is 0 Å². The molecule has 2 aliphatic carbocycles. The van der Waals surface area contributed by atoms with Crippen molar-refractivity contribution in [2.24, 2.45) is 0 Å². The fourth-order valence-corrected chi connectivity index (χ4v) is 9.27. The van der Waals surface area contributed by atoms with Gasteiger partial charge >= 0.3 is 0 Å². The minimum absolute atomic E-state index is 1.04. The molecule has 0 N–H and O–H groups in total. The summed E-state index contributed by atoms with van der Waals surface area (Å²) in [6, 6.07) is 71.4. The maximum atomic E-state index is 2.48. The second kappa shape index (κ2) is 13.4. The van der Waals surface area contributed by atoms with Gasteiger partial charge in [0.25, 0.3) is 0 Å². The van der Waals surface area contributed by atoms with Gasteiger partial charge in [0.15, 0.2) is 0 Å². The number of hydrogen-bond acceptors (Lipinski definition) is 2. The van der Waals surface area contributed by atoms with Gasteiger partial charge in [-0.15, -0.1) is 0 Å². The van der Waals surface area contributed by atoms with Crippen LogP contribution in [0.2, 0.25) is 0 Å². The molecular weight excluding hydrogens is 677 g/mol. The summed E-state index contributed by atoms with van der Waals surface area (Å²) in [6.45, 7) is 0. The highest BCUT2D eigenvalue weighted by molar-refractivity contribution is 5.92. The predicted molar refractivity (Wildman–Crippen MR) is 237 cm³/mol. The van der Waals surface area contributed by atoms with Crippen molar-refractivity contribution in [1.29, 1.82) is 0 Å². The summed E-state index contributed by atoms with van der Waals surface area (Å²) in [4.78, 5) is 4.80. The number of hydrogen-bond donors (Lipinski definition) is 0. The maximum Gasteiger partial charge on any atom is 0.0468 e. The molecule has 9 aromatic carbocycles. The highest BCUT2D eigenvalue weighted by Crippen LogP contribution is 2.48. The molecule has 0 amide bonds. The van der Waals surface area contributed by atoms with E-state index in [0.29, 0.717) is 0 Å². The third kappa shape index (κ3) is 5.65. The zero-order chi connectivity index (χ0) is 37.0. The van der Waals surface area contributed by atoms with Gasteiger partial charge in [-0.1, -0.05) is 121 Å². The first kappa shape index (κ1) is 32.5. The second-order valence-corrected chi connectivity index (χ2v) is 15.3. The number of fused-ring (bicyclic) bond motifs is 2. The molecule has 0 bridgehead atoms. The van der Waals surface area contributed by atoms with Gasteiger partial charge < -0.3 is 9.80 Å². The first-order valence-electron chi connectivity index (χ1n) is 19.8. The largest absolute Gasteiger partial charge is 0.310 e. The molecule has 2 nitrogen and oxygen atoms in total. The predicted octanol–water partition coefficient (Wildman–Crippen LogP) is 14.5. The van der Waals surface area contributed by atoms with E-state index in [-0.39, 0.29) is 0 Å². The van der Waals surface area contributed by atoms with Crippen molar-refractivity contribution in [2.45, 2.75) is 25.7 Å². The normalized spacial score (nSPS) is 12.7. The van der Waals surface area contributed by atoms with E-state index >= 15 is 0 Å². The zero-order valence-corrected chi connectivity index (χ0v) is 31.2. The van der Waals surface area contributed by atoms with Crippen LogP contribution in [0.4, 0.5) is 34.1 Å². The van der Waals surface area contributed by atoms with Crippen LogP contribution in [0.1, 0.15) is 22.3 Å². The van der Waals surface area contributed by atoms with E-state index in [0.717, 1.165) is 42.7 Å². The lowest BCUT2D eigenvalue weighted by atomic mass is 9.74. The number of nitrogens with zero attached hydrogens (tertiary/aromatic N) is 2. The number of anilines is 6. The van der Waals surface area contributed by atoms with Crippen molar-refractivity contribution in [3.63, 3.8) is 0 Å². The van der Waals surface area contributed by atoms with Crippen LogP contribution in [-0.4, -0.2) is 0 Å². The van der Waals surface area contributed by atoms with Gasteiger partial charge in [0.1, 0.15) is 0 Å². The molecule has 0 heterocycles. The average Bonchev–Trinajstić information content (AvgIpc) is 3.26. The Morgan fingerprint density at radius 3 is 1.11 bits per heavy atom. The molecule has 11 rings (SSSR count). The molecule has 2 heteroatoms. The van der Waals surface area contributed by atoms with Crippen molar-refractivity contribution in [1.82, 2.24) is 0 Å². The van der Waals surface area contributed by atoms with E-state index < -0.39 is 0 Å². The van der Waals surface area contributed by atoms with Gasteiger partial charge in [0.2, 0.25) is 0 Å². The van der Waals surface area contributed by atoms with E-state index in [1.807, 2.05) is 0 Å². The fourth-order valence-electron chi connectivity index (χ4n) is 9.27. The minimum atomic E-state index is 1.04. The molecule has 0 unspecified atom stereocenters. The average molecular weight is 717 g/mol. The zero-order valence-electron chi connectivity index (χ0n) is 31.2. The standard InChI is InChI=1S/C54H40N2/c1-3-15-47(16-4-1)55(50-29-25-37-11-7-9-13-40(37)33-50)49-27-23-39(24-28-49)46-31-42-19-21-44-35-52(36-45-22-20-43(32-46)53(42)54(44)45)56(48-17-5-2-6-18-48)51-30-26-38-12-8-10-14-41(38)34-51/h1-18,23-36H,19-22H2. The van der Waals surface area contributed by atoms with E-state index in [1.54, 1.807) is 0 Å². The van der Waals surface area contributed by atoms with Crippen LogP contribution >= 0.6 is 0 Å². The van der Waals surface area contributed by atoms with Crippen molar-refractivity contribution in [2.75, 3.05) is 9.80 Å². The van der Waals surface area contributed by atoms with E-state index in [1.165, 1.54) is 83.1 Å². The Labute approximate surface area is 328 Å². The Morgan fingerprint density at radius 2 is 0.625 bits per heavy atom. The Bertz CT molecular complexity index is 2860. The Hall–Kier alpha value is -6.90. The molecular formula is C54H40N2. The molecule has 0 aliphatic heterocycles. The summed E-state index contributed by atoms with van der Waals surface area (Å²) in [6.07, 6.45) is 4.19. The Kier molecular flexibility index (Phi) is 7.81. The molecule has 2 aliphatic rings. The van der Waals surface area contributed by atoms with Crippen molar-refractivity contribution in [3.8, 4) is 22.3 Å². The lowest BCUT2D eigenvalue weighted by Crippen LogP contribution is -2.17. The summed E-state index contributed by atoms with van der Waals surface area (Å²) >= 11 is 0. The van der Waals surface area contributed by atoms with E-state index in [2.05, 4.69) is 204 Å². The Morgan fingerprint density at radius 1 is 0.250 bits per heavy atom. The van der Waals surface area contributed by atoms with Gasteiger partial charge in [0.05, 0.1) is 0 Å². The van der Waals surface area contributed by atoms with Crippen molar-refractivity contribution < 1.29 is 0 Å². The number of benzene rings is 9. The molecule has 0 radical (unpaired) electrons. The first-order chi connectivity index (χ1) is 27.7. The van der Waals surface area contributed by atoms with Crippen LogP contribution < -0.4 is 9.80 Å². The molecule has 56 heavy (non-hydrogen) atoms. The van der Waals surface area contributed by atoms with E-state index in [9.17, 15) is 0 Å². The molecule has 9 aromatic rings. The third-order valence-corrected chi connectivity index (χ3v) is 11.9.